The van der Waals surface area contributed by atoms with Gasteiger partial charge in [0.05, 0.1) is 39.6 Å². The van der Waals surface area contributed by atoms with Gasteiger partial charge >= 0.3 is 11.9 Å². The van der Waals surface area contributed by atoms with E-state index in [1.54, 1.807) is 0 Å². The number of hydrogen-bond acceptors (Lipinski definition) is 8. The SMILES string of the molecule is O=C(/C=C/C(=O)OCCCCCCCCCCN1CCOCC1)OCCCCCCCCCCN1CCOCC1. The van der Waals surface area contributed by atoms with Crippen LogP contribution in [-0.4, -0.2) is 101 Å². The van der Waals surface area contributed by atoms with Crippen LogP contribution in [0.15, 0.2) is 12.2 Å². The van der Waals surface area contributed by atoms with Crippen molar-refractivity contribution in [2.45, 2.75) is 103 Å². The minimum atomic E-state index is -0.470. The predicted octanol–water partition coefficient (Wildman–Crippen LogP) is 5.54. The van der Waals surface area contributed by atoms with Gasteiger partial charge in [-0.2, -0.15) is 0 Å². The van der Waals surface area contributed by atoms with E-state index >= 15 is 0 Å². The first-order valence-corrected chi connectivity index (χ1v) is 16.4. The quantitative estimate of drug-likeness (QED) is 0.0857. The summed E-state index contributed by atoms with van der Waals surface area (Å²) in [6.45, 7) is 11.1. The summed E-state index contributed by atoms with van der Waals surface area (Å²) in [7, 11) is 0. The molecule has 2 aliphatic rings. The van der Waals surface area contributed by atoms with E-state index in [-0.39, 0.29) is 0 Å². The molecule has 0 atom stereocenters. The summed E-state index contributed by atoms with van der Waals surface area (Å²) in [6.07, 6.45) is 21.4. The van der Waals surface area contributed by atoms with Crippen molar-refractivity contribution >= 4 is 11.9 Å². The molecule has 0 aliphatic carbocycles. The normalized spacial score (nSPS) is 16.9. The molecule has 2 rings (SSSR count). The number of morpholine rings is 2. The summed E-state index contributed by atoms with van der Waals surface area (Å²) in [5, 5.41) is 0. The average molecular weight is 567 g/mol. The van der Waals surface area contributed by atoms with Gasteiger partial charge in [-0.05, 0) is 38.8 Å². The molecule has 8 heteroatoms. The number of carbonyl (C=O) groups excluding carboxylic acids is 2. The van der Waals surface area contributed by atoms with Gasteiger partial charge in [0.2, 0.25) is 0 Å². The van der Waals surface area contributed by atoms with Crippen molar-refractivity contribution in [2.24, 2.45) is 0 Å². The van der Waals surface area contributed by atoms with Crippen LogP contribution in [0.3, 0.4) is 0 Å². The van der Waals surface area contributed by atoms with E-state index in [2.05, 4.69) is 9.80 Å². The van der Waals surface area contributed by atoms with Crippen LogP contribution >= 0.6 is 0 Å². The lowest BCUT2D eigenvalue weighted by Crippen LogP contribution is -2.36. The molecule has 0 spiro atoms. The van der Waals surface area contributed by atoms with Gasteiger partial charge in [-0.3, -0.25) is 9.80 Å². The van der Waals surface area contributed by atoms with Crippen molar-refractivity contribution in [2.75, 3.05) is 78.9 Å². The van der Waals surface area contributed by atoms with Gasteiger partial charge in [0.25, 0.3) is 0 Å². The van der Waals surface area contributed by atoms with E-state index in [4.69, 9.17) is 18.9 Å². The number of rotatable bonds is 24. The van der Waals surface area contributed by atoms with Crippen molar-refractivity contribution in [3.63, 3.8) is 0 Å². The first-order valence-electron chi connectivity index (χ1n) is 16.4. The van der Waals surface area contributed by atoms with Crippen LogP contribution in [0.5, 0.6) is 0 Å². The molecule has 0 aromatic carbocycles. The minimum absolute atomic E-state index is 0.408. The molecule has 0 radical (unpaired) electrons. The van der Waals surface area contributed by atoms with Crippen LogP contribution in [-0.2, 0) is 28.5 Å². The fraction of sp³-hybridized carbons (Fsp3) is 0.875. The van der Waals surface area contributed by atoms with Crippen molar-refractivity contribution in [3.05, 3.63) is 12.2 Å². The Hall–Kier alpha value is -1.48. The monoisotopic (exact) mass is 566 g/mol. The molecule has 8 nitrogen and oxygen atoms in total. The number of esters is 2. The molecular formula is C32H58N2O6. The van der Waals surface area contributed by atoms with Gasteiger partial charge < -0.3 is 18.9 Å². The third-order valence-corrected chi connectivity index (χ3v) is 7.79. The maximum absolute atomic E-state index is 11.8. The molecule has 2 saturated heterocycles. The molecule has 2 fully saturated rings. The summed E-state index contributed by atoms with van der Waals surface area (Å²) >= 11 is 0. The number of nitrogens with zero attached hydrogens (tertiary/aromatic N) is 2. The Labute approximate surface area is 244 Å². The largest absolute Gasteiger partial charge is 0.463 e. The first-order chi connectivity index (χ1) is 19.7. The highest BCUT2D eigenvalue weighted by Crippen LogP contribution is 2.11. The van der Waals surface area contributed by atoms with Gasteiger partial charge in [0, 0.05) is 38.3 Å². The Morgan fingerprint density at radius 1 is 0.475 bits per heavy atom. The molecule has 2 aliphatic heterocycles. The highest BCUT2D eigenvalue weighted by atomic mass is 16.5. The summed E-state index contributed by atoms with van der Waals surface area (Å²) in [5.41, 5.74) is 0. The van der Waals surface area contributed by atoms with E-state index < -0.39 is 11.9 Å². The van der Waals surface area contributed by atoms with Crippen LogP contribution in [0.4, 0.5) is 0 Å². The van der Waals surface area contributed by atoms with Crippen LogP contribution < -0.4 is 0 Å². The maximum atomic E-state index is 11.8. The zero-order valence-electron chi connectivity index (χ0n) is 25.3. The van der Waals surface area contributed by atoms with Gasteiger partial charge in [0.15, 0.2) is 0 Å². The van der Waals surface area contributed by atoms with Crippen LogP contribution in [0.25, 0.3) is 0 Å². The topological polar surface area (TPSA) is 77.5 Å². The summed E-state index contributed by atoms with van der Waals surface area (Å²) in [4.78, 5) is 28.6. The van der Waals surface area contributed by atoms with Crippen molar-refractivity contribution < 1.29 is 28.5 Å². The molecule has 0 amide bonds. The number of unbranched alkanes of at least 4 members (excludes halogenated alkanes) is 14. The lowest BCUT2D eigenvalue weighted by atomic mass is 10.1. The molecule has 232 valence electrons. The fourth-order valence-electron chi connectivity index (χ4n) is 5.22. The Bertz CT molecular complexity index is 593. The first kappa shape index (κ1) is 34.7. The van der Waals surface area contributed by atoms with Crippen LogP contribution in [0.1, 0.15) is 103 Å². The zero-order chi connectivity index (χ0) is 28.4. The van der Waals surface area contributed by atoms with Gasteiger partial charge in [-0.25, -0.2) is 9.59 Å². The second kappa shape index (κ2) is 25.2. The van der Waals surface area contributed by atoms with Crippen molar-refractivity contribution in [3.8, 4) is 0 Å². The predicted molar refractivity (Wildman–Crippen MR) is 159 cm³/mol. The summed E-state index contributed by atoms with van der Waals surface area (Å²) < 4.78 is 21.2. The molecule has 0 unspecified atom stereocenters. The Balaban J connectivity index is 1.26. The second-order valence-corrected chi connectivity index (χ2v) is 11.2. The zero-order valence-corrected chi connectivity index (χ0v) is 25.3. The highest BCUT2D eigenvalue weighted by molar-refractivity contribution is 5.91. The number of ether oxygens (including phenoxy) is 4. The Morgan fingerprint density at radius 3 is 1.12 bits per heavy atom. The molecule has 0 N–H and O–H groups in total. The molecule has 40 heavy (non-hydrogen) atoms. The van der Waals surface area contributed by atoms with E-state index in [1.165, 1.54) is 102 Å². The lowest BCUT2D eigenvalue weighted by Gasteiger charge is -2.26. The van der Waals surface area contributed by atoms with Crippen molar-refractivity contribution in [1.29, 1.82) is 0 Å². The number of carbonyl (C=O) groups is 2. The van der Waals surface area contributed by atoms with E-state index in [0.717, 1.165) is 78.3 Å². The lowest BCUT2D eigenvalue weighted by molar-refractivity contribution is -0.140. The van der Waals surface area contributed by atoms with E-state index in [1.807, 2.05) is 0 Å². The van der Waals surface area contributed by atoms with Gasteiger partial charge in [0.1, 0.15) is 0 Å². The molecular weight excluding hydrogens is 508 g/mol. The second-order valence-electron chi connectivity index (χ2n) is 11.2. The minimum Gasteiger partial charge on any atom is -0.463 e. The van der Waals surface area contributed by atoms with Crippen molar-refractivity contribution in [1.82, 2.24) is 9.80 Å². The Kier molecular flexibility index (Phi) is 21.9. The van der Waals surface area contributed by atoms with E-state index in [9.17, 15) is 9.59 Å². The third-order valence-electron chi connectivity index (χ3n) is 7.79. The summed E-state index contributed by atoms with van der Waals surface area (Å²) in [5.74, 6) is -0.940. The molecule has 0 bridgehead atoms. The smallest absolute Gasteiger partial charge is 0.331 e. The van der Waals surface area contributed by atoms with Gasteiger partial charge in [-0.1, -0.05) is 77.0 Å². The van der Waals surface area contributed by atoms with Gasteiger partial charge in [-0.15, -0.1) is 0 Å². The van der Waals surface area contributed by atoms with Crippen LogP contribution in [0.2, 0.25) is 0 Å². The standard InChI is InChI=1S/C32H58N2O6/c35-31(39-25-15-11-7-3-1-5-9-13-19-33-21-27-37-28-22-33)17-18-32(36)40-26-16-12-8-4-2-6-10-14-20-34-23-29-38-30-24-34/h17-18H,1-16,19-30H2/b18-17+. The molecule has 0 aromatic heterocycles. The highest BCUT2D eigenvalue weighted by Gasteiger charge is 2.10. The summed E-state index contributed by atoms with van der Waals surface area (Å²) in [6, 6.07) is 0. The number of hydrogen-bond donors (Lipinski definition) is 0. The molecule has 0 saturated carbocycles. The van der Waals surface area contributed by atoms with Crippen LogP contribution in [0, 0.1) is 0 Å². The Morgan fingerprint density at radius 2 is 0.775 bits per heavy atom. The third kappa shape index (κ3) is 20.4. The molecule has 0 aromatic rings. The average Bonchev–Trinajstić information content (AvgIpc) is 2.98. The van der Waals surface area contributed by atoms with E-state index in [0.29, 0.717) is 13.2 Å². The fourth-order valence-corrected chi connectivity index (χ4v) is 5.22. The maximum Gasteiger partial charge on any atom is 0.331 e. The molecule has 2 heterocycles.